The Morgan fingerprint density at radius 1 is 1.25 bits per heavy atom. The van der Waals surface area contributed by atoms with Gasteiger partial charge in [0.05, 0.1) is 12.8 Å². The van der Waals surface area contributed by atoms with Gasteiger partial charge >= 0.3 is 0 Å². The molecule has 0 saturated heterocycles. The van der Waals surface area contributed by atoms with Crippen LogP contribution in [0, 0.1) is 0 Å². The second kappa shape index (κ2) is 7.40. The van der Waals surface area contributed by atoms with Crippen LogP contribution in [0.5, 0.6) is 5.75 Å². The molecule has 0 unspecified atom stereocenters. The van der Waals surface area contributed by atoms with Crippen molar-refractivity contribution in [3.8, 4) is 5.75 Å². The van der Waals surface area contributed by atoms with E-state index >= 15 is 0 Å². The molecule has 2 aromatic carbocycles. The Morgan fingerprint density at radius 2 is 2.04 bits per heavy atom. The number of carbonyl (C=O) groups excluding carboxylic acids is 2. The fraction of sp³-hybridized carbons (Fsp3) is 0.222. The fourth-order valence-corrected chi connectivity index (χ4v) is 3.33. The summed E-state index contributed by atoms with van der Waals surface area (Å²) >= 11 is 1.62. The topological polar surface area (TPSA) is 67.4 Å². The van der Waals surface area contributed by atoms with Crippen LogP contribution in [0.1, 0.15) is 22.3 Å². The molecule has 6 heteroatoms. The van der Waals surface area contributed by atoms with E-state index in [-0.39, 0.29) is 11.8 Å². The van der Waals surface area contributed by atoms with Gasteiger partial charge in [-0.05, 0) is 35.9 Å². The zero-order valence-electron chi connectivity index (χ0n) is 13.3. The van der Waals surface area contributed by atoms with Crippen LogP contribution in [0.4, 0.5) is 5.69 Å². The number of rotatable bonds is 4. The van der Waals surface area contributed by atoms with Crippen LogP contribution in [-0.4, -0.2) is 24.7 Å². The second-order valence-electron chi connectivity index (χ2n) is 5.39. The molecule has 124 valence electrons. The number of hydrogen-bond donors (Lipinski definition) is 2. The van der Waals surface area contributed by atoms with Crippen molar-refractivity contribution in [2.24, 2.45) is 0 Å². The quantitative estimate of drug-likeness (QED) is 0.896. The molecule has 0 aromatic heterocycles. The van der Waals surface area contributed by atoms with Gasteiger partial charge < -0.3 is 15.4 Å². The van der Waals surface area contributed by atoms with Crippen LogP contribution < -0.4 is 15.4 Å². The summed E-state index contributed by atoms with van der Waals surface area (Å²) in [7, 11) is 1.62. The van der Waals surface area contributed by atoms with Crippen LogP contribution in [0.15, 0.2) is 47.4 Å². The minimum atomic E-state index is -0.169. The van der Waals surface area contributed by atoms with Crippen molar-refractivity contribution in [2.75, 3.05) is 18.2 Å². The Bertz CT molecular complexity index is 759. The molecule has 24 heavy (non-hydrogen) atoms. The molecule has 0 atom stereocenters. The maximum absolute atomic E-state index is 12.3. The molecule has 0 aliphatic carbocycles. The van der Waals surface area contributed by atoms with Gasteiger partial charge in [0.25, 0.3) is 5.91 Å². The maximum Gasteiger partial charge on any atom is 0.251 e. The number of benzene rings is 2. The van der Waals surface area contributed by atoms with Crippen molar-refractivity contribution < 1.29 is 14.3 Å². The number of carbonyl (C=O) groups is 2. The molecule has 0 radical (unpaired) electrons. The second-order valence-corrected chi connectivity index (χ2v) is 6.53. The van der Waals surface area contributed by atoms with Crippen LogP contribution in [0.2, 0.25) is 0 Å². The van der Waals surface area contributed by atoms with Crippen molar-refractivity contribution in [1.29, 1.82) is 0 Å². The summed E-state index contributed by atoms with van der Waals surface area (Å²) in [6.45, 7) is 0.432. The zero-order chi connectivity index (χ0) is 16.9. The number of thioether (sulfide) groups is 1. The Labute approximate surface area is 144 Å². The fourth-order valence-electron chi connectivity index (χ4n) is 2.39. The van der Waals surface area contributed by atoms with Gasteiger partial charge in [0, 0.05) is 29.2 Å². The Balaban J connectivity index is 1.67. The summed E-state index contributed by atoms with van der Waals surface area (Å²) in [5.41, 5.74) is 2.23. The van der Waals surface area contributed by atoms with Crippen molar-refractivity contribution in [2.45, 2.75) is 17.9 Å². The normalized spacial score (nSPS) is 13.5. The predicted octanol–water partition coefficient (Wildman–Crippen LogP) is 3.06. The molecule has 0 saturated carbocycles. The smallest absolute Gasteiger partial charge is 0.251 e. The van der Waals surface area contributed by atoms with E-state index in [0.29, 0.717) is 24.2 Å². The van der Waals surface area contributed by atoms with E-state index in [0.717, 1.165) is 22.0 Å². The number of nitrogens with one attached hydrogen (secondary N) is 2. The number of amides is 2. The summed E-state index contributed by atoms with van der Waals surface area (Å²) in [5.74, 6) is 1.35. The van der Waals surface area contributed by atoms with E-state index in [1.54, 1.807) is 31.0 Å². The van der Waals surface area contributed by atoms with Gasteiger partial charge in [0.1, 0.15) is 5.75 Å². The van der Waals surface area contributed by atoms with E-state index in [1.165, 1.54) is 0 Å². The summed E-state index contributed by atoms with van der Waals surface area (Å²) in [4.78, 5) is 25.0. The molecule has 2 aromatic rings. The highest BCUT2D eigenvalue weighted by Gasteiger charge is 2.15. The number of fused-ring (bicyclic) bond motifs is 1. The molecule has 2 amide bonds. The van der Waals surface area contributed by atoms with Crippen LogP contribution >= 0.6 is 11.8 Å². The standard InChI is InChI=1S/C18H18N2O3S/c1-23-14-5-2-12(3-6-14)11-19-18(22)13-4-7-16-15(10-13)20-17(21)8-9-24-16/h2-7,10H,8-9,11H2,1H3,(H,19,22)(H,20,21). The molecule has 1 aliphatic heterocycles. The van der Waals surface area contributed by atoms with Gasteiger partial charge in [-0.3, -0.25) is 9.59 Å². The van der Waals surface area contributed by atoms with Crippen molar-refractivity contribution in [3.63, 3.8) is 0 Å². The van der Waals surface area contributed by atoms with E-state index in [9.17, 15) is 9.59 Å². The summed E-state index contributed by atoms with van der Waals surface area (Å²) in [5, 5.41) is 5.74. The molecule has 3 rings (SSSR count). The molecular weight excluding hydrogens is 324 g/mol. The third-order valence-corrected chi connectivity index (χ3v) is 4.79. The lowest BCUT2D eigenvalue weighted by atomic mass is 10.1. The molecule has 2 N–H and O–H groups in total. The van der Waals surface area contributed by atoms with Crippen molar-refractivity contribution in [1.82, 2.24) is 5.32 Å². The van der Waals surface area contributed by atoms with Gasteiger partial charge in [-0.25, -0.2) is 0 Å². The molecule has 1 heterocycles. The lowest BCUT2D eigenvalue weighted by Crippen LogP contribution is -2.23. The Hall–Kier alpha value is -2.47. The van der Waals surface area contributed by atoms with Crippen molar-refractivity contribution >= 4 is 29.3 Å². The SMILES string of the molecule is COc1ccc(CNC(=O)c2ccc3c(c2)NC(=O)CCS3)cc1. The largest absolute Gasteiger partial charge is 0.497 e. The molecular formula is C18H18N2O3S. The Kier molecular flexibility index (Phi) is 5.05. The third kappa shape index (κ3) is 3.89. The monoisotopic (exact) mass is 342 g/mol. The summed E-state index contributed by atoms with van der Waals surface area (Å²) in [6, 6.07) is 12.9. The minimum Gasteiger partial charge on any atom is -0.497 e. The third-order valence-electron chi connectivity index (χ3n) is 3.71. The number of anilines is 1. The number of methoxy groups -OCH3 is 1. The highest BCUT2D eigenvalue weighted by molar-refractivity contribution is 7.99. The van der Waals surface area contributed by atoms with E-state index in [1.807, 2.05) is 30.3 Å². The highest BCUT2D eigenvalue weighted by Crippen LogP contribution is 2.31. The summed E-state index contributed by atoms with van der Waals surface area (Å²) in [6.07, 6.45) is 0.484. The van der Waals surface area contributed by atoms with Gasteiger partial charge in [-0.2, -0.15) is 0 Å². The lowest BCUT2D eigenvalue weighted by molar-refractivity contribution is -0.115. The Morgan fingerprint density at radius 3 is 2.79 bits per heavy atom. The first-order chi connectivity index (χ1) is 11.7. The number of ether oxygens (including phenoxy) is 1. The van der Waals surface area contributed by atoms with Crippen LogP contribution in [0.25, 0.3) is 0 Å². The molecule has 0 bridgehead atoms. The van der Waals surface area contributed by atoms with E-state index in [4.69, 9.17) is 4.74 Å². The zero-order valence-corrected chi connectivity index (χ0v) is 14.1. The van der Waals surface area contributed by atoms with Gasteiger partial charge in [-0.1, -0.05) is 12.1 Å². The molecule has 0 spiro atoms. The van der Waals surface area contributed by atoms with E-state index in [2.05, 4.69) is 10.6 Å². The molecule has 5 nitrogen and oxygen atoms in total. The number of hydrogen-bond acceptors (Lipinski definition) is 4. The highest BCUT2D eigenvalue weighted by atomic mass is 32.2. The van der Waals surface area contributed by atoms with E-state index < -0.39 is 0 Å². The van der Waals surface area contributed by atoms with Crippen LogP contribution in [0.3, 0.4) is 0 Å². The lowest BCUT2D eigenvalue weighted by Gasteiger charge is -2.10. The first-order valence-corrected chi connectivity index (χ1v) is 8.62. The maximum atomic E-state index is 12.3. The van der Waals surface area contributed by atoms with Gasteiger partial charge in [-0.15, -0.1) is 11.8 Å². The average Bonchev–Trinajstić information content (AvgIpc) is 2.79. The average molecular weight is 342 g/mol. The summed E-state index contributed by atoms with van der Waals surface area (Å²) < 4.78 is 5.11. The minimum absolute atomic E-state index is 0.0166. The van der Waals surface area contributed by atoms with Crippen LogP contribution in [-0.2, 0) is 11.3 Å². The first-order valence-electron chi connectivity index (χ1n) is 7.63. The molecule has 0 fully saturated rings. The predicted molar refractivity (Wildman–Crippen MR) is 94.6 cm³/mol. The first kappa shape index (κ1) is 16.4. The van der Waals surface area contributed by atoms with Gasteiger partial charge in [0.2, 0.25) is 5.91 Å². The van der Waals surface area contributed by atoms with Gasteiger partial charge in [0.15, 0.2) is 0 Å². The van der Waals surface area contributed by atoms with Crippen molar-refractivity contribution in [3.05, 3.63) is 53.6 Å². The molecule has 1 aliphatic rings.